The molecule has 0 aromatic carbocycles. The van der Waals surface area contributed by atoms with Crippen molar-refractivity contribution >= 4 is 17.7 Å². The number of rotatable bonds is 8. The number of nitrogens with one attached hydrogen (secondary N) is 2. The van der Waals surface area contributed by atoms with Gasteiger partial charge in [0.2, 0.25) is 5.91 Å². The molecule has 1 unspecified atom stereocenters. The molecule has 8 heteroatoms. The van der Waals surface area contributed by atoms with Gasteiger partial charge in [-0.3, -0.25) is 4.79 Å². The molecule has 17 heavy (non-hydrogen) atoms. The zero-order valence-corrected chi connectivity index (χ0v) is 10.6. The van der Waals surface area contributed by atoms with E-state index in [2.05, 4.69) is 10.6 Å². The van der Waals surface area contributed by atoms with Crippen LogP contribution in [0.4, 0.5) is 13.2 Å². The molecule has 0 aliphatic rings. The predicted molar refractivity (Wildman–Crippen MR) is 60.9 cm³/mol. The number of amides is 1. The maximum absolute atomic E-state index is 11.7. The monoisotopic (exact) mass is 274 g/mol. The van der Waals surface area contributed by atoms with Crippen molar-refractivity contribution in [1.29, 1.82) is 0 Å². The Morgan fingerprint density at radius 3 is 2.65 bits per heavy atom. The average molecular weight is 274 g/mol. The minimum Gasteiger partial charge on any atom is -0.383 e. The van der Waals surface area contributed by atoms with Gasteiger partial charge in [-0.2, -0.15) is 13.2 Å². The Kier molecular flexibility index (Phi) is 8.36. The van der Waals surface area contributed by atoms with Crippen LogP contribution in [0.2, 0.25) is 0 Å². The lowest BCUT2D eigenvalue weighted by molar-refractivity contribution is -0.121. The van der Waals surface area contributed by atoms with E-state index in [4.69, 9.17) is 4.74 Å². The molecule has 0 spiro atoms. The Bertz CT molecular complexity index is 227. The van der Waals surface area contributed by atoms with Gasteiger partial charge in [0.25, 0.3) is 0 Å². The molecule has 4 nitrogen and oxygen atoms in total. The smallest absolute Gasteiger partial charge is 0.383 e. The first-order valence-electron chi connectivity index (χ1n) is 5.05. The lowest BCUT2D eigenvalue weighted by atomic mass is 10.3. The lowest BCUT2D eigenvalue weighted by Gasteiger charge is -2.13. The molecule has 0 saturated carbocycles. The van der Waals surface area contributed by atoms with Crippen molar-refractivity contribution in [3.05, 3.63) is 0 Å². The summed E-state index contributed by atoms with van der Waals surface area (Å²) in [5.74, 6) is -0.365. The third-order valence-corrected chi connectivity index (χ3v) is 2.39. The van der Waals surface area contributed by atoms with E-state index >= 15 is 0 Å². The molecule has 0 bridgehead atoms. The molecule has 0 rings (SSSR count). The number of methoxy groups -OCH3 is 1. The van der Waals surface area contributed by atoms with E-state index in [9.17, 15) is 18.0 Å². The van der Waals surface area contributed by atoms with Crippen LogP contribution < -0.4 is 10.6 Å². The maximum atomic E-state index is 11.7. The van der Waals surface area contributed by atoms with Gasteiger partial charge in [0, 0.05) is 25.4 Å². The van der Waals surface area contributed by atoms with E-state index in [1.807, 2.05) is 0 Å². The first-order valence-corrected chi connectivity index (χ1v) is 6.03. The molecule has 2 N–H and O–H groups in total. The van der Waals surface area contributed by atoms with Gasteiger partial charge < -0.3 is 15.4 Å². The molecule has 1 amide bonds. The molecule has 1 atom stereocenters. The van der Waals surface area contributed by atoms with Gasteiger partial charge >= 0.3 is 5.51 Å². The normalized spacial score (nSPS) is 13.5. The van der Waals surface area contributed by atoms with E-state index in [0.717, 1.165) is 0 Å². The van der Waals surface area contributed by atoms with Crippen molar-refractivity contribution in [2.75, 3.05) is 32.6 Å². The Morgan fingerprint density at radius 1 is 1.47 bits per heavy atom. The van der Waals surface area contributed by atoms with Gasteiger partial charge in [-0.25, -0.2) is 0 Å². The van der Waals surface area contributed by atoms with Crippen LogP contribution in [0.15, 0.2) is 0 Å². The molecule has 0 heterocycles. The van der Waals surface area contributed by atoms with Gasteiger partial charge in [0.05, 0.1) is 13.2 Å². The third kappa shape index (κ3) is 11.8. The van der Waals surface area contributed by atoms with Crippen molar-refractivity contribution < 1.29 is 22.7 Å². The standard InChI is InChI=1S/C9H17F3N2O2S/c1-7(6-16-2)14-8(15)5-13-3-4-17-9(10,11)12/h7,13H,3-6H2,1-2H3,(H,14,15). The minimum absolute atomic E-state index is 0.00642. The van der Waals surface area contributed by atoms with E-state index in [1.54, 1.807) is 6.92 Å². The third-order valence-electron chi connectivity index (χ3n) is 1.65. The largest absolute Gasteiger partial charge is 0.441 e. The second-order valence-corrected chi connectivity index (χ2v) is 4.55. The van der Waals surface area contributed by atoms with Crippen LogP contribution in [-0.4, -0.2) is 50.0 Å². The van der Waals surface area contributed by atoms with Crippen LogP contribution in [0, 0.1) is 0 Å². The molecule has 102 valence electrons. The number of alkyl halides is 3. The summed E-state index contributed by atoms with van der Waals surface area (Å²) in [7, 11) is 1.52. The SMILES string of the molecule is COCC(C)NC(=O)CNCCSC(F)(F)F. The highest BCUT2D eigenvalue weighted by molar-refractivity contribution is 8.00. The van der Waals surface area contributed by atoms with Crippen molar-refractivity contribution in [2.45, 2.75) is 18.5 Å². The van der Waals surface area contributed by atoms with Crippen molar-refractivity contribution in [2.24, 2.45) is 0 Å². The van der Waals surface area contributed by atoms with E-state index in [1.165, 1.54) is 7.11 Å². The van der Waals surface area contributed by atoms with Crippen LogP contribution in [-0.2, 0) is 9.53 Å². The van der Waals surface area contributed by atoms with Gasteiger partial charge in [-0.1, -0.05) is 0 Å². The van der Waals surface area contributed by atoms with E-state index in [0.29, 0.717) is 6.61 Å². The summed E-state index contributed by atoms with van der Waals surface area (Å²) >= 11 is -0.107. The van der Waals surface area contributed by atoms with E-state index in [-0.39, 0.29) is 42.6 Å². The Morgan fingerprint density at radius 2 is 2.12 bits per heavy atom. The van der Waals surface area contributed by atoms with Gasteiger partial charge in [-0.15, -0.1) is 0 Å². The summed E-state index contributed by atoms with van der Waals surface area (Å²) in [4.78, 5) is 11.2. The molecule has 0 aliphatic carbocycles. The maximum Gasteiger partial charge on any atom is 0.441 e. The number of ether oxygens (including phenoxy) is 1. The molecular weight excluding hydrogens is 257 g/mol. The average Bonchev–Trinajstić information content (AvgIpc) is 2.15. The van der Waals surface area contributed by atoms with Crippen LogP contribution in [0.3, 0.4) is 0 Å². The molecule has 0 saturated heterocycles. The molecular formula is C9H17F3N2O2S. The fraction of sp³-hybridized carbons (Fsp3) is 0.889. The number of carbonyl (C=O) groups excluding carboxylic acids is 1. The molecule has 0 aromatic heterocycles. The zero-order valence-electron chi connectivity index (χ0n) is 9.76. The summed E-state index contributed by atoms with van der Waals surface area (Å²) in [5, 5.41) is 5.26. The summed E-state index contributed by atoms with van der Waals surface area (Å²) < 4.78 is 40.0. The van der Waals surface area contributed by atoms with Crippen LogP contribution >= 0.6 is 11.8 Å². The Labute approximate surface area is 103 Å². The van der Waals surface area contributed by atoms with Crippen LogP contribution in [0.5, 0.6) is 0 Å². The van der Waals surface area contributed by atoms with Crippen LogP contribution in [0.25, 0.3) is 0 Å². The Hall–Kier alpha value is -0.470. The summed E-state index contributed by atoms with van der Waals surface area (Å²) in [6.07, 6.45) is 0. The van der Waals surface area contributed by atoms with Gasteiger partial charge in [0.15, 0.2) is 0 Å². The highest BCUT2D eigenvalue weighted by atomic mass is 32.2. The fourth-order valence-corrected chi connectivity index (χ4v) is 1.54. The number of carbonyl (C=O) groups is 1. The fourth-order valence-electron chi connectivity index (χ4n) is 1.06. The number of halogens is 3. The second-order valence-electron chi connectivity index (χ2n) is 3.39. The summed E-state index contributed by atoms with van der Waals surface area (Å²) in [6, 6.07) is -0.112. The first kappa shape index (κ1) is 16.5. The van der Waals surface area contributed by atoms with Crippen molar-refractivity contribution in [3.63, 3.8) is 0 Å². The molecule has 0 aromatic rings. The Balaban J connectivity index is 3.46. The van der Waals surface area contributed by atoms with Gasteiger partial charge in [0.1, 0.15) is 0 Å². The summed E-state index contributed by atoms with van der Waals surface area (Å²) in [6.45, 7) is 2.32. The minimum atomic E-state index is -4.21. The predicted octanol–water partition coefficient (Wildman–Crippen LogP) is 0.980. The first-order chi connectivity index (χ1) is 7.85. The number of thioether (sulfide) groups is 1. The highest BCUT2D eigenvalue weighted by Gasteiger charge is 2.27. The molecule has 0 aliphatic heterocycles. The molecule has 0 fully saturated rings. The quantitative estimate of drug-likeness (QED) is 0.648. The van der Waals surface area contributed by atoms with Crippen molar-refractivity contribution in [3.8, 4) is 0 Å². The summed E-state index contributed by atoms with van der Waals surface area (Å²) in [5.41, 5.74) is -4.21. The lowest BCUT2D eigenvalue weighted by Crippen LogP contribution is -2.41. The van der Waals surface area contributed by atoms with Crippen molar-refractivity contribution in [1.82, 2.24) is 10.6 Å². The highest BCUT2D eigenvalue weighted by Crippen LogP contribution is 2.29. The molecule has 0 radical (unpaired) electrons. The zero-order chi connectivity index (χ0) is 13.3. The number of hydrogen-bond donors (Lipinski definition) is 2. The topological polar surface area (TPSA) is 50.4 Å². The van der Waals surface area contributed by atoms with E-state index < -0.39 is 5.51 Å². The van der Waals surface area contributed by atoms with Gasteiger partial charge in [-0.05, 0) is 18.7 Å². The van der Waals surface area contributed by atoms with Crippen LogP contribution in [0.1, 0.15) is 6.92 Å². The number of hydrogen-bond acceptors (Lipinski definition) is 4. The second kappa shape index (κ2) is 8.60.